The molecule has 1 rings (SSSR count). The first-order chi connectivity index (χ1) is 9.27. The number of rotatable bonds is 6. The Hall–Kier alpha value is -2.12. The number of carbonyl (C=O) groups is 2. The second kappa shape index (κ2) is 6.36. The summed E-state index contributed by atoms with van der Waals surface area (Å²) >= 11 is 0. The van der Waals surface area contributed by atoms with Gasteiger partial charge < -0.3 is 9.47 Å². The van der Waals surface area contributed by atoms with Gasteiger partial charge in [0, 0.05) is 5.56 Å². The van der Waals surface area contributed by atoms with Crippen LogP contribution in [0.3, 0.4) is 0 Å². The summed E-state index contributed by atoms with van der Waals surface area (Å²) in [6.45, 7) is 1.51. The molecule has 0 amide bonds. The minimum atomic E-state index is -4.63. The summed E-state index contributed by atoms with van der Waals surface area (Å²) < 4.78 is 57.3. The largest absolute Gasteiger partial charge is 0.461 e. The molecule has 0 spiro atoms. The molecule has 1 aromatic carbocycles. The first kappa shape index (κ1) is 15.9. The minimum absolute atomic E-state index is 0.00633. The summed E-state index contributed by atoms with van der Waals surface area (Å²) in [5.74, 6) is -2.63. The number of ketones is 1. The van der Waals surface area contributed by atoms with E-state index in [1.807, 2.05) is 0 Å². The predicted molar refractivity (Wildman–Crippen MR) is 59.0 cm³/mol. The van der Waals surface area contributed by atoms with Crippen LogP contribution in [0.5, 0.6) is 5.75 Å². The third-order valence-corrected chi connectivity index (χ3v) is 2.09. The molecular formula is C12H10F4O4. The smallest absolute Gasteiger partial charge is 0.460 e. The van der Waals surface area contributed by atoms with E-state index in [0.717, 1.165) is 24.3 Å². The summed E-state index contributed by atoms with van der Waals surface area (Å²) in [5.41, 5.74) is -0.129. The van der Waals surface area contributed by atoms with Crippen LogP contribution in [0.1, 0.15) is 17.3 Å². The fraction of sp³-hybridized carbons (Fsp3) is 0.333. The van der Waals surface area contributed by atoms with Gasteiger partial charge in [0.25, 0.3) is 5.78 Å². The Bertz CT molecular complexity index is 485. The summed E-state index contributed by atoms with van der Waals surface area (Å²) in [4.78, 5) is 22.6. The van der Waals surface area contributed by atoms with Gasteiger partial charge in [0.2, 0.25) is 0 Å². The van der Waals surface area contributed by atoms with Crippen LogP contribution in [-0.2, 0) is 9.53 Å². The lowest BCUT2D eigenvalue weighted by Gasteiger charge is -2.16. The average molecular weight is 294 g/mol. The topological polar surface area (TPSA) is 52.6 Å². The van der Waals surface area contributed by atoms with Crippen LogP contribution in [-0.4, -0.2) is 30.9 Å². The molecule has 0 aromatic heterocycles. The normalized spacial score (nSPS) is 11.3. The van der Waals surface area contributed by atoms with Gasteiger partial charge in [0.1, 0.15) is 5.75 Å². The van der Waals surface area contributed by atoms with Crippen LogP contribution in [0.15, 0.2) is 24.3 Å². The number of benzene rings is 1. The molecule has 0 aliphatic rings. The predicted octanol–water partition coefficient (Wildman–Crippen LogP) is 2.67. The fourth-order valence-electron chi connectivity index (χ4n) is 1.19. The average Bonchev–Trinajstić information content (AvgIpc) is 2.38. The van der Waals surface area contributed by atoms with Crippen molar-refractivity contribution in [3.8, 4) is 5.75 Å². The van der Waals surface area contributed by atoms with E-state index in [4.69, 9.17) is 0 Å². The minimum Gasteiger partial charge on any atom is -0.460 e. The molecule has 0 saturated heterocycles. The van der Waals surface area contributed by atoms with E-state index in [1.54, 1.807) is 0 Å². The maximum atomic E-state index is 12.6. The summed E-state index contributed by atoms with van der Waals surface area (Å²) in [5, 5.41) is 0. The highest BCUT2D eigenvalue weighted by Crippen LogP contribution is 2.27. The van der Waals surface area contributed by atoms with Crippen molar-refractivity contribution >= 4 is 11.8 Å². The maximum absolute atomic E-state index is 12.6. The molecule has 0 radical (unpaired) electrons. The Morgan fingerprint density at radius 3 is 2.20 bits per heavy atom. The van der Waals surface area contributed by atoms with Gasteiger partial charge in [0.05, 0.1) is 6.61 Å². The second-order valence-electron chi connectivity index (χ2n) is 3.54. The van der Waals surface area contributed by atoms with E-state index < -0.39 is 30.0 Å². The molecule has 0 fully saturated rings. The molecule has 0 aliphatic carbocycles. The third kappa shape index (κ3) is 3.94. The van der Waals surface area contributed by atoms with Gasteiger partial charge in [-0.2, -0.15) is 17.6 Å². The molecule has 0 N–H and O–H groups in total. The number of ether oxygens (including phenoxy) is 2. The molecule has 0 aliphatic heterocycles. The van der Waals surface area contributed by atoms with Crippen molar-refractivity contribution < 1.29 is 36.6 Å². The van der Waals surface area contributed by atoms with Crippen LogP contribution in [0, 0.1) is 0 Å². The number of halogens is 4. The van der Waals surface area contributed by atoms with Crippen molar-refractivity contribution in [3.63, 3.8) is 0 Å². The zero-order valence-electron chi connectivity index (χ0n) is 10.2. The van der Waals surface area contributed by atoms with Crippen LogP contribution in [0.25, 0.3) is 0 Å². The highest BCUT2D eigenvalue weighted by atomic mass is 19.3. The van der Waals surface area contributed by atoms with E-state index in [1.165, 1.54) is 6.92 Å². The second-order valence-corrected chi connectivity index (χ2v) is 3.54. The molecule has 0 unspecified atom stereocenters. The highest BCUT2D eigenvalue weighted by Gasteiger charge is 2.43. The number of hydrogen-bond acceptors (Lipinski definition) is 4. The number of hydrogen-bond donors (Lipinski definition) is 0. The van der Waals surface area contributed by atoms with E-state index >= 15 is 0 Å². The van der Waals surface area contributed by atoms with Crippen molar-refractivity contribution in [1.82, 2.24) is 0 Å². The van der Waals surface area contributed by atoms with Crippen LogP contribution in [0.2, 0.25) is 0 Å². The van der Waals surface area contributed by atoms with Crippen molar-refractivity contribution in [1.29, 1.82) is 0 Å². The van der Waals surface area contributed by atoms with Gasteiger partial charge in [0.15, 0.2) is 0 Å². The number of Topliss-reactive ketones (excluding diaryl/α,β-unsaturated/α-hetero) is 1. The standard InChI is InChI=1S/C12H10F4O4/c1-2-19-10(18)9(17)7-3-5-8(6-4-7)20-12(15,16)11(13)14/h3-6,11H,2H2,1H3. The van der Waals surface area contributed by atoms with Crippen LogP contribution >= 0.6 is 0 Å². The van der Waals surface area contributed by atoms with E-state index in [2.05, 4.69) is 9.47 Å². The van der Waals surface area contributed by atoms with Gasteiger partial charge in [-0.05, 0) is 31.2 Å². The molecule has 4 nitrogen and oxygen atoms in total. The Balaban J connectivity index is 2.79. The van der Waals surface area contributed by atoms with Crippen molar-refractivity contribution in [2.75, 3.05) is 6.61 Å². The summed E-state index contributed by atoms with van der Waals surface area (Å²) in [6, 6.07) is 3.75. The van der Waals surface area contributed by atoms with Crippen molar-refractivity contribution in [3.05, 3.63) is 29.8 Å². The molecule has 20 heavy (non-hydrogen) atoms. The molecule has 0 heterocycles. The molecular weight excluding hydrogens is 284 g/mol. The number of alkyl halides is 4. The first-order valence-electron chi connectivity index (χ1n) is 5.44. The molecule has 1 aromatic rings. The van der Waals surface area contributed by atoms with Crippen molar-refractivity contribution in [2.24, 2.45) is 0 Å². The SMILES string of the molecule is CCOC(=O)C(=O)c1ccc(OC(F)(F)C(F)F)cc1. The lowest BCUT2D eigenvalue weighted by Crippen LogP contribution is -2.33. The van der Waals surface area contributed by atoms with Gasteiger partial charge in [-0.3, -0.25) is 4.79 Å². The van der Waals surface area contributed by atoms with Gasteiger partial charge in [-0.25, -0.2) is 4.79 Å². The van der Waals surface area contributed by atoms with Crippen LogP contribution in [0.4, 0.5) is 17.6 Å². The third-order valence-electron chi connectivity index (χ3n) is 2.09. The van der Waals surface area contributed by atoms with Crippen molar-refractivity contribution in [2.45, 2.75) is 19.5 Å². The zero-order chi connectivity index (χ0) is 15.3. The van der Waals surface area contributed by atoms with Gasteiger partial charge >= 0.3 is 18.5 Å². The highest BCUT2D eigenvalue weighted by molar-refractivity contribution is 6.40. The zero-order valence-corrected chi connectivity index (χ0v) is 10.2. The molecule has 0 atom stereocenters. The summed E-state index contributed by atoms with van der Waals surface area (Å²) in [7, 11) is 0. The number of carbonyl (C=O) groups excluding carboxylic acids is 2. The summed E-state index contributed by atoms with van der Waals surface area (Å²) in [6.07, 6.45) is -8.62. The Kier molecular flexibility index (Phi) is 5.06. The Morgan fingerprint density at radius 1 is 1.20 bits per heavy atom. The Morgan fingerprint density at radius 2 is 1.75 bits per heavy atom. The van der Waals surface area contributed by atoms with Crippen LogP contribution < -0.4 is 4.74 Å². The molecule has 8 heteroatoms. The quantitative estimate of drug-likeness (QED) is 0.350. The lowest BCUT2D eigenvalue weighted by molar-refractivity contribution is -0.253. The molecule has 0 saturated carbocycles. The number of esters is 1. The van der Waals surface area contributed by atoms with Gasteiger partial charge in [-0.15, -0.1) is 0 Å². The maximum Gasteiger partial charge on any atom is 0.461 e. The lowest BCUT2D eigenvalue weighted by atomic mass is 10.1. The molecule has 0 bridgehead atoms. The van der Waals surface area contributed by atoms with E-state index in [-0.39, 0.29) is 12.2 Å². The van der Waals surface area contributed by atoms with Gasteiger partial charge in [-0.1, -0.05) is 0 Å². The first-order valence-corrected chi connectivity index (χ1v) is 5.44. The molecule has 110 valence electrons. The monoisotopic (exact) mass is 294 g/mol. The fourth-order valence-corrected chi connectivity index (χ4v) is 1.19. The van der Waals surface area contributed by atoms with E-state index in [0.29, 0.717) is 0 Å². The Labute approximate surface area is 111 Å². The van der Waals surface area contributed by atoms with E-state index in [9.17, 15) is 27.2 Å².